The minimum absolute atomic E-state index is 0.163. The molecule has 2 aliphatic heterocycles. The summed E-state index contributed by atoms with van der Waals surface area (Å²) in [6, 6.07) is -0.326. The summed E-state index contributed by atoms with van der Waals surface area (Å²) in [7, 11) is 0. The Morgan fingerprint density at radius 1 is 1.00 bits per heavy atom. The summed E-state index contributed by atoms with van der Waals surface area (Å²) in [6.45, 7) is 0.570. The highest BCUT2D eigenvalue weighted by Gasteiger charge is 2.35. The van der Waals surface area contributed by atoms with Gasteiger partial charge in [-0.15, -0.1) is 0 Å². The van der Waals surface area contributed by atoms with Crippen LogP contribution in [-0.2, 0) is 9.47 Å². The predicted molar refractivity (Wildman–Crippen MR) is 36.5 cm³/mol. The number of hydrogen-bond donors (Lipinski definition) is 2. The number of hydrogen-bond acceptors (Lipinski definition) is 4. The lowest BCUT2D eigenvalue weighted by atomic mass is 10.1. The molecule has 6 heteroatoms. The van der Waals surface area contributed by atoms with E-state index in [0.717, 1.165) is 0 Å². The molecule has 12 heavy (non-hydrogen) atoms. The second-order valence-electron chi connectivity index (χ2n) is 2.70. The molecule has 0 aromatic heterocycles. The Morgan fingerprint density at radius 3 is 1.67 bits per heavy atom. The van der Waals surface area contributed by atoms with Crippen molar-refractivity contribution in [3.63, 3.8) is 0 Å². The molecule has 0 aliphatic carbocycles. The minimum Gasteiger partial charge on any atom is -0.447 e. The molecule has 2 aliphatic rings. The Morgan fingerprint density at radius 2 is 1.42 bits per heavy atom. The van der Waals surface area contributed by atoms with Gasteiger partial charge in [-0.1, -0.05) is 0 Å². The van der Waals surface area contributed by atoms with Crippen LogP contribution >= 0.6 is 0 Å². The summed E-state index contributed by atoms with van der Waals surface area (Å²) in [5, 5.41) is 5.12. The molecule has 2 atom stereocenters. The standard InChI is InChI=1S/C6H8N2O4/c9-5-7-3(1-11-5)4-2-12-6(10)8-4/h3-4H,1-2H2,(H,7,9)(H,8,10)/t3-,4-/m0/s1. The maximum atomic E-state index is 10.6. The molecule has 0 aromatic rings. The van der Waals surface area contributed by atoms with Crippen LogP contribution in [0.3, 0.4) is 0 Å². The number of rotatable bonds is 1. The Labute approximate surface area is 68.2 Å². The van der Waals surface area contributed by atoms with Crippen LogP contribution in [0.25, 0.3) is 0 Å². The number of amides is 2. The molecule has 2 N–H and O–H groups in total. The fourth-order valence-corrected chi connectivity index (χ4v) is 1.23. The molecule has 2 rings (SSSR count). The molecule has 2 fully saturated rings. The Bertz CT molecular complexity index is 206. The maximum Gasteiger partial charge on any atom is 0.407 e. The van der Waals surface area contributed by atoms with E-state index in [-0.39, 0.29) is 25.3 Å². The minimum atomic E-state index is -0.443. The van der Waals surface area contributed by atoms with Crippen LogP contribution in [0, 0.1) is 0 Å². The number of nitrogens with one attached hydrogen (secondary N) is 2. The third-order valence-corrected chi connectivity index (χ3v) is 1.88. The monoisotopic (exact) mass is 172 g/mol. The largest absolute Gasteiger partial charge is 0.447 e. The summed E-state index contributed by atoms with van der Waals surface area (Å²) < 4.78 is 9.31. The summed E-state index contributed by atoms with van der Waals surface area (Å²) in [5.41, 5.74) is 0. The van der Waals surface area contributed by atoms with E-state index in [2.05, 4.69) is 20.1 Å². The van der Waals surface area contributed by atoms with Crippen LogP contribution < -0.4 is 10.6 Å². The molecule has 0 radical (unpaired) electrons. The highest BCUT2D eigenvalue weighted by atomic mass is 16.6. The zero-order valence-electron chi connectivity index (χ0n) is 6.20. The van der Waals surface area contributed by atoms with E-state index in [1.165, 1.54) is 0 Å². The first kappa shape index (κ1) is 7.20. The van der Waals surface area contributed by atoms with Crippen LogP contribution in [0.2, 0.25) is 0 Å². The molecule has 6 nitrogen and oxygen atoms in total. The van der Waals surface area contributed by atoms with Gasteiger partial charge in [0.25, 0.3) is 0 Å². The zero-order valence-corrected chi connectivity index (χ0v) is 6.20. The lowest BCUT2D eigenvalue weighted by Crippen LogP contribution is -2.45. The van der Waals surface area contributed by atoms with Crippen molar-refractivity contribution in [2.75, 3.05) is 13.2 Å². The first-order valence-corrected chi connectivity index (χ1v) is 3.62. The Hall–Kier alpha value is -1.46. The van der Waals surface area contributed by atoms with Crippen molar-refractivity contribution in [3.8, 4) is 0 Å². The Balaban J connectivity index is 1.93. The van der Waals surface area contributed by atoms with E-state index < -0.39 is 12.2 Å². The van der Waals surface area contributed by atoms with E-state index in [9.17, 15) is 9.59 Å². The van der Waals surface area contributed by atoms with Crippen molar-refractivity contribution >= 4 is 12.2 Å². The SMILES string of the molecule is O=C1N[C@H]([C@@H]2COC(=O)N2)CO1. The molecule has 0 unspecified atom stereocenters. The quantitative estimate of drug-likeness (QED) is 0.543. The molecule has 0 bridgehead atoms. The van der Waals surface area contributed by atoms with Crippen LogP contribution in [0.4, 0.5) is 9.59 Å². The smallest absolute Gasteiger partial charge is 0.407 e. The summed E-state index contributed by atoms with van der Waals surface area (Å²) in [6.07, 6.45) is -0.887. The van der Waals surface area contributed by atoms with Crippen LogP contribution in [0.1, 0.15) is 0 Å². The molecular weight excluding hydrogens is 164 g/mol. The fourth-order valence-electron chi connectivity index (χ4n) is 1.23. The highest BCUT2D eigenvalue weighted by Crippen LogP contribution is 2.07. The van der Waals surface area contributed by atoms with Gasteiger partial charge in [0, 0.05) is 0 Å². The third-order valence-electron chi connectivity index (χ3n) is 1.88. The van der Waals surface area contributed by atoms with Gasteiger partial charge in [-0.2, -0.15) is 0 Å². The van der Waals surface area contributed by atoms with Gasteiger partial charge in [-0.25, -0.2) is 9.59 Å². The van der Waals surface area contributed by atoms with E-state index >= 15 is 0 Å². The van der Waals surface area contributed by atoms with Gasteiger partial charge in [0.05, 0.1) is 12.1 Å². The summed E-state index contributed by atoms with van der Waals surface area (Å²) in [4.78, 5) is 21.2. The normalized spacial score (nSPS) is 33.7. The van der Waals surface area contributed by atoms with Crippen molar-refractivity contribution in [3.05, 3.63) is 0 Å². The van der Waals surface area contributed by atoms with E-state index in [4.69, 9.17) is 0 Å². The second kappa shape index (κ2) is 2.54. The van der Waals surface area contributed by atoms with Gasteiger partial charge < -0.3 is 20.1 Å². The van der Waals surface area contributed by atoms with E-state index in [0.29, 0.717) is 0 Å². The van der Waals surface area contributed by atoms with Gasteiger partial charge in [-0.3, -0.25) is 0 Å². The Kier molecular flexibility index (Phi) is 1.53. The highest BCUT2D eigenvalue weighted by molar-refractivity contribution is 5.72. The first-order chi connectivity index (χ1) is 5.75. The van der Waals surface area contributed by atoms with Crippen molar-refractivity contribution in [2.45, 2.75) is 12.1 Å². The number of carbonyl (C=O) groups excluding carboxylic acids is 2. The lowest BCUT2D eigenvalue weighted by molar-refractivity contribution is 0.171. The van der Waals surface area contributed by atoms with Crippen molar-refractivity contribution in [1.29, 1.82) is 0 Å². The molecule has 0 aromatic carbocycles. The van der Waals surface area contributed by atoms with Crippen molar-refractivity contribution < 1.29 is 19.1 Å². The van der Waals surface area contributed by atoms with E-state index in [1.54, 1.807) is 0 Å². The number of carbonyl (C=O) groups is 2. The lowest BCUT2D eigenvalue weighted by Gasteiger charge is -2.12. The molecule has 66 valence electrons. The van der Waals surface area contributed by atoms with E-state index in [1.807, 2.05) is 0 Å². The average Bonchev–Trinajstić information content (AvgIpc) is 2.58. The first-order valence-electron chi connectivity index (χ1n) is 3.62. The molecule has 0 saturated carbocycles. The van der Waals surface area contributed by atoms with Gasteiger partial charge in [0.15, 0.2) is 0 Å². The van der Waals surface area contributed by atoms with Crippen molar-refractivity contribution in [2.24, 2.45) is 0 Å². The van der Waals surface area contributed by atoms with Gasteiger partial charge in [0.2, 0.25) is 0 Å². The number of ether oxygens (including phenoxy) is 2. The second-order valence-corrected chi connectivity index (χ2v) is 2.70. The topological polar surface area (TPSA) is 76.7 Å². The van der Waals surface area contributed by atoms with Crippen LogP contribution in [0.15, 0.2) is 0 Å². The fraction of sp³-hybridized carbons (Fsp3) is 0.667. The molecule has 0 spiro atoms. The average molecular weight is 172 g/mol. The van der Waals surface area contributed by atoms with Crippen LogP contribution in [0.5, 0.6) is 0 Å². The number of alkyl carbamates (subject to hydrolysis) is 2. The zero-order chi connectivity index (χ0) is 8.55. The van der Waals surface area contributed by atoms with Crippen molar-refractivity contribution in [1.82, 2.24) is 10.6 Å². The molecule has 2 amide bonds. The van der Waals surface area contributed by atoms with Gasteiger partial charge >= 0.3 is 12.2 Å². The summed E-state index contributed by atoms with van der Waals surface area (Å²) >= 11 is 0. The van der Waals surface area contributed by atoms with Crippen LogP contribution in [-0.4, -0.2) is 37.5 Å². The number of cyclic esters (lactones) is 2. The van der Waals surface area contributed by atoms with Gasteiger partial charge in [0.1, 0.15) is 13.2 Å². The molecule has 2 heterocycles. The molecule has 2 saturated heterocycles. The van der Waals surface area contributed by atoms with Gasteiger partial charge in [-0.05, 0) is 0 Å². The molecular formula is C6H8N2O4. The maximum absolute atomic E-state index is 10.6. The predicted octanol–water partition coefficient (Wildman–Crippen LogP) is -0.797. The third kappa shape index (κ3) is 1.15. The summed E-state index contributed by atoms with van der Waals surface area (Å²) in [5.74, 6) is 0.